The second-order valence-corrected chi connectivity index (χ2v) is 12.6. The minimum Gasteiger partial charge on any atom is -0.494 e. The molecule has 2 aromatic rings. The summed E-state index contributed by atoms with van der Waals surface area (Å²) >= 11 is 0. The van der Waals surface area contributed by atoms with Crippen LogP contribution < -0.4 is 4.74 Å². The van der Waals surface area contributed by atoms with Crippen LogP contribution in [0.2, 0.25) is 0 Å². The van der Waals surface area contributed by atoms with E-state index in [0.29, 0.717) is 31.2 Å². The largest absolute Gasteiger partial charge is 0.494 e. The van der Waals surface area contributed by atoms with Crippen molar-refractivity contribution in [2.75, 3.05) is 13.2 Å². The van der Waals surface area contributed by atoms with Crippen molar-refractivity contribution in [3.8, 4) is 5.75 Å². The van der Waals surface area contributed by atoms with Gasteiger partial charge in [0.2, 0.25) is 5.92 Å². The van der Waals surface area contributed by atoms with E-state index in [1.165, 1.54) is 12.0 Å². The molecule has 42 heavy (non-hydrogen) atoms. The Morgan fingerprint density at radius 1 is 0.857 bits per heavy atom. The Labute approximate surface area is 252 Å². The number of ether oxygens (including phenoxy) is 3. The zero-order valence-corrected chi connectivity index (χ0v) is 26.7. The molecule has 0 aromatic heterocycles. The van der Waals surface area contributed by atoms with Crippen molar-refractivity contribution >= 4 is 23.5 Å². The predicted molar refractivity (Wildman–Crippen MR) is 168 cm³/mol. The summed E-state index contributed by atoms with van der Waals surface area (Å²) in [6.45, 7) is 15.8. The molecule has 0 bridgehead atoms. The summed E-state index contributed by atoms with van der Waals surface area (Å²) in [5.74, 6) is -2.78. The van der Waals surface area contributed by atoms with E-state index in [1.807, 2.05) is 24.3 Å². The number of cyclic esters (lactones) is 2. The lowest BCUT2D eigenvalue weighted by Crippen LogP contribution is -2.52. The Balaban J connectivity index is 1.99. The first-order chi connectivity index (χ1) is 19.9. The summed E-state index contributed by atoms with van der Waals surface area (Å²) in [6, 6.07) is 16.0. The Morgan fingerprint density at radius 2 is 1.45 bits per heavy atom. The number of aliphatic imine (C=N–C) groups is 1. The summed E-state index contributed by atoms with van der Waals surface area (Å²) in [6.07, 6.45) is 7.48. The zero-order valence-electron chi connectivity index (χ0n) is 26.7. The van der Waals surface area contributed by atoms with Crippen LogP contribution in [0.25, 0.3) is 0 Å². The van der Waals surface area contributed by atoms with Gasteiger partial charge in [-0.1, -0.05) is 91.0 Å². The SMILES string of the molecule is CCCCCCCN(Cc1ccc(C(C)(C)C)cc1)C(=Nc1ccc(OCCCC)cc1)C1C(=O)OC(C)(C)OC1=O. The first kappa shape index (κ1) is 33.2. The number of hydrogen-bond acceptors (Lipinski definition) is 6. The molecule has 1 saturated heterocycles. The molecule has 2 aromatic carbocycles. The summed E-state index contributed by atoms with van der Waals surface area (Å²) < 4.78 is 16.9. The molecule has 0 spiro atoms. The molecule has 230 valence electrons. The van der Waals surface area contributed by atoms with E-state index in [2.05, 4.69) is 63.8 Å². The topological polar surface area (TPSA) is 77.4 Å². The number of esters is 2. The first-order valence-corrected chi connectivity index (χ1v) is 15.5. The molecule has 3 rings (SSSR count). The van der Waals surface area contributed by atoms with Crippen LogP contribution in [0.15, 0.2) is 53.5 Å². The fraction of sp³-hybridized carbons (Fsp3) is 0.571. The Kier molecular flexibility index (Phi) is 12.0. The average molecular weight is 579 g/mol. The molecule has 0 radical (unpaired) electrons. The lowest BCUT2D eigenvalue weighted by Gasteiger charge is -2.36. The average Bonchev–Trinajstić information content (AvgIpc) is 2.91. The number of carbonyl (C=O) groups is 2. The number of carbonyl (C=O) groups excluding carboxylic acids is 2. The van der Waals surface area contributed by atoms with Gasteiger partial charge in [-0.05, 0) is 53.6 Å². The third-order valence-electron chi connectivity index (χ3n) is 7.32. The molecule has 0 N–H and O–H groups in total. The van der Waals surface area contributed by atoms with Crippen molar-refractivity contribution in [2.24, 2.45) is 10.9 Å². The number of nitrogens with zero attached hydrogens (tertiary/aromatic N) is 2. The molecule has 0 atom stereocenters. The van der Waals surface area contributed by atoms with Gasteiger partial charge in [0.05, 0.1) is 12.3 Å². The van der Waals surface area contributed by atoms with E-state index >= 15 is 0 Å². The van der Waals surface area contributed by atoms with Gasteiger partial charge in [-0.3, -0.25) is 9.59 Å². The van der Waals surface area contributed by atoms with Crippen LogP contribution >= 0.6 is 0 Å². The van der Waals surface area contributed by atoms with Gasteiger partial charge in [-0.15, -0.1) is 0 Å². The van der Waals surface area contributed by atoms with E-state index in [4.69, 9.17) is 19.2 Å². The molecule has 0 unspecified atom stereocenters. The maximum atomic E-state index is 13.3. The number of amidine groups is 1. The van der Waals surface area contributed by atoms with Crippen LogP contribution in [0.5, 0.6) is 5.75 Å². The van der Waals surface area contributed by atoms with Gasteiger partial charge < -0.3 is 19.1 Å². The van der Waals surface area contributed by atoms with Crippen LogP contribution in [0.1, 0.15) is 105 Å². The van der Waals surface area contributed by atoms with Gasteiger partial charge in [-0.2, -0.15) is 0 Å². The van der Waals surface area contributed by atoms with E-state index in [9.17, 15) is 9.59 Å². The third kappa shape index (κ3) is 9.88. The van der Waals surface area contributed by atoms with Crippen LogP contribution in [0.3, 0.4) is 0 Å². The number of hydrogen-bond donors (Lipinski definition) is 0. The monoisotopic (exact) mass is 578 g/mol. The van der Waals surface area contributed by atoms with Gasteiger partial charge in [0.15, 0.2) is 0 Å². The molecule has 1 aliphatic rings. The van der Waals surface area contributed by atoms with E-state index in [-0.39, 0.29) is 5.41 Å². The van der Waals surface area contributed by atoms with E-state index < -0.39 is 23.6 Å². The van der Waals surface area contributed by atoms with Gasteiger partial charge in [0.1, 0.15) is 11.6 Å². The van der Waals surface area contributed by atoms with Crippen molar-refractivity contribution in [3.05, 3.63) is 59.7 Å². The molecule has 1 aliphatic heterocycles. The number of rotatable bonds is 14. The molecule has 1 fully saturated rings. The molecular weight excluding hydrogens is 528 g/mol. The fourth-order valence-corrected chi connectivity index (χ4v) is 4.84. The molecule has 1 heterocycles. The molecule has 0 aliphatic carbocycles. The second kappa shape index (κ2) is 15.2. The fourth-order valence-electron chi connectivity index (χ4n) is 4.84. The summed E-state index contributed by atoms with van der Waals surface area (Å²) in [4.78, 5) is 33.6. The minimum atomic E-state index is -1.32. The smallest absolute Gasteiger partial charge is 0.331 e. The van der Waals surface area contributed by atoms with Crippen molar-refractivity contribution in [2.45, 2.75) is 111 Å². The predicted octanol–water partition coefficient (Wildman–Crippen LogP) is 8.12. The van der Waals surface area contributed by atoms with Crippen LogP contribution in [-0.2, 0) is 31.0 Å². The second-order valence-electron chi connectivity index (χ2n) is 12.6. The molecule has 0 saturated carbocycles. The number of unbranched alkanes of at least 4 members (excludes halogenated alkanes) is 5. The third-order valence-corrected chi connectivity index (χ3v) is 7.32. The van der Waals surface area contributed by atoms with Crippen molar-refractivity contribution in [3.63, 3.8) is 0 Å². The van der Waals surface area contributed by atoms with Crippen molar-refractivity contribution in [1.82, 2.24) is 4.90 Å². The van der Waals surface area contributed by atoms with Crippen molar-refractivity contribution < 1.29 is 23.8 Å². The molecule has 7 heteroatoms. The first-order valence-electron chi connectivity index (χ1n) is 15.5. The van der Waals surface area contributed by atoms with Crippen LogP contribution in [0.4, 0.5) is 5.69 Å². The van der Waals surface area contributed by atoms with E-state index in [0.717, 1.165) is 49.8 Å². The highest BCUT2D eigenvalue weighted by Crippen LogP contribution is 2.29. The molecular formula is C35H50N2O5. The van der Waals surface area contributed by atoms with Gasteiger partial charge in [-0.25, -0.2) is 4.99 Å². The summed E-state index contributed by atoms with van der Waals surface area (Å²) in [7, 11) is 0. The maximum absolute atomic E-state index is 13.3. The Morgan fingerprint density at radius 3 is 2.02 bits per heavy atom. The lowest BCUT2D eigenvalue weighted by atomic mass is 9.86. The summed E-state index contributed by atoms with van der Waals surface area (Å²) in [5.41, 5.74) is 2.98. The quantitative estimate of drug-likeness (QED) is 0.0741. The lowest BCUT2D eigenvalue weighted by molar-refractivity contribution is -0.236. The van der Waals surface area contributed by atoms with E-state index in [1.54, 1.807) is 13.8 Å². The standard InChI is InChI=1S/C35H50N2O5/c1-8-10-12-13-14-23-37(25-26-15-17-27(18-16-26)34(3,4)5)31(30-32(38)41-35(6,7)42-33(30)39)36-28-19-21-29(22-20-28)40-24-11-9-2/h15-22,30H,8-14,23-25H2,1-7H3. The van der Waals surface area contributed by atoms with Gasteiger partial charge >= 0.3 is 11.9 Å². The summed E-state index contributed by atoms with van der Waals surface area (Å²) in [5, 5.41) is 0. The van der Waals surface area contributed by atoms with Crippen LogP contribution in [-0.4, -0.2) is 41.6 Å². The highest BCUT2D eigenvalue weighted by Gasteiger charge is 2.47. The number of benzene rings is 2. The van der Waals surface area contributed by atoms with Gasteiger partial charge in [0.25, 0.3) is 5.79 Å². The normalized spacial score (nSPS) is 15.7. The molecule has 7 nitrogen and oxygen atoms in total. The Bertz CT molecular complexity index is 1160. The highest BCUT2D eigenvalue weighted by molar-refractivity contribution is 6.17. The van der Waals surface area contributed by atoms with Crippen LogP contribution in [0, 0.1) is 5.92 Å². The Hall–Kier alpha value is -3.35. The zero-order chi connectivity index (χ0) is 30.8. The highest BCUT2D eigenvalue weighted by atomic mass is 16.7. The molecule has 0 amide bonds. The minimum absolute atomic E-state index is 0.0406. The maximum Gasteiger partial charge on any atom is 0.331 e. The van der Waals surface area contributed by atoms with Gasteiger partial charge in [0, 0.05) is 26.9 Å². The van der Waals surface area contributed by atoms with Crippen molar-refractivity contribution in [1.29, 1.82) is 0 Å².